The van der Waals surface area contributed by atoms with Crippen LogP contribution in [0.15, 0.2) is 78.9 Å². The summed E-state index contributed by atoms with van der Waals surface area (Å²) in [5.41, 5.74) is 4.76. The molecule has 0 radical (unpaired) electrons. The van der Waals surface area contributed by atoms with Crippen LogP contribution in [0.2, 0.25) is 0 Å². The van der Waals surface area contributed by atoms with E-state index >= 15 is 0 Å². The van der Waals surface area contributed by atoms with Crippen LogP contribution in [0, 0.1) is 11.3 Å². The Morgan fingerprint density at radius 1 is 0.925 bits per heavy atom. The maximum Gasteiger partial charge on any atom is 0.335 e. The number of aromatic carboxylic acids is 1. The van der Waals surface area contributed by atoms with Gasteiger partial charge in [0, 0.05) is 5.56 Å². The van der Waals surface area contributed by atoms with Crippen molar-refractivity contribution in [3.8, 4) is 5.75 Å². The molecule has 5 heteroatoms. The maximum absolute atomic E-state index is 11.4. The lowest BCUT2D eigenvalue weighted by molar-refractivity contribution is -0.138. The van der Waals surface area contributed by atoms with Gasteiger partial charge in [-0.05, 0) is 83.7 Å². The predicted molar refractivity (Wildman–Crippen MR) is 159 cm³/mol. The molecule has 1 atom stereocenters. The van der Waals surface area contributed by atoms with Crippen LogP contribution in [0.3, 0.4) is 0 Å². The smallest absolute Gasteiger partial charge is 0.335 e. The molecule has 0 aliphatic heterocycles. The summed E-state index contributed by atoms with van der Waals surface area (Å²) < 4.78 is 6.23. The van der Waals surface area contributed by atoms with Crippen molar-refractivity contribution in [1.82, 2.24) is 0 Å². The SMILES string of the molecule is CC(C)(C)c1ccc(COc2ccccc2/C=C/[C@H](CCC2(CC(=O)O)CC2)Cc2ccc(C(=O)O)cc2)cc1. The summed E-state index contributed by atoms with van der Waals surface area (Å²) >= 11 is 0. The molecule has 0 aromatic heterocycles. The van der Waals surface area contributed by atoms with Crippen LogP contribution in [-0.4, -0.2) is 22.2 Å². The van der Waals surface area contributed by atoms with Crippen molar-refractivity contribution in [2.45, 2.75) is 71.3 Å². The van der Waals surface area contributed by atoms with Gasteiger partial charge in [-0.1, -0.05) is 87.5 Å². The first-order valence-corrected chi connectivity index (χ1v) is 14.1. The zero-order chi connectivity index (χ0) is 28.8. The van der Waals surface area contributed by atoms with E-state index in [0.717, 1.165) is 54.5 Å². The number of carbonyl (C=O) groups is 2. The zero-order valence-electron chi connectivity index (χ0n) is 23.7. The van der Waals surface area contributed by atoms with Gasteiger partial charge in [0.05, 0.1) is 12.0 Å². The summed E-state index contributed by atoms with van der Waals surface area (Å²) in [5, 5.41) is 18.6. The number of aliphatic carboxylic acids is 1. The molecule has 0 unspecified atom stereocenters. The lowest BCUT2D eigenvalue weighted by Gasteiger charge is -2.19. The molecule has 1 aliphatic rings. The van der Waals surface area contributed by atoms with E-state index in [1.165, 1.54) is 5.56 Å². The van der Waals surface area contributed by atoms with Crippen molar-refractivity contribution in [1.29, 1.82) is 0 Å². The molecule has 0 amide bonds. The van der Waals surface area contributed by atoms with Crippen molar-refractivity contribution in [2.24, 2.45) is 11.3 Å². The molecule has 0 saturated heterocycles. The summed E-state index contributed by atoms with van der Waals surface area (Å²) in [6.45, 7) is 7.09. The van der Waals surface area contributed by atoms with Gasteiger partial charge in [-0.3, -0.25) is 4.79 Å². The Balaban J connectivity index is 1.47. The molecule has 40 heavy (non-hydrogen) atoms. The topological polar surface area (TPSA) is 83.8 Å². The molecule has 5 nitrogen and oxygen atoms in total. The third-order valence-electron chi connectivity index (χ3n) is 7.91. The summed E-state index contributed by atoms with van der Waals surface area (Å²) in [6, 6.07) is 23.6. The molecule has 210 valence electrons. The zero-order valence-corrected chi connectivity index (χ0v) is 23.7. The number of carboxylic acid groups (broad SMARTS) is 2. The minimum absolute atomic E-state index is 0.0748. The van der Waals surface area contributed by atoms with Crippen LogP contribution < -0.4 is 4.74 Å². The van der Waals surface area contributed by atoms with E-state index in [2.05, 4.69) is 57.2 Å². The number of hydrogen-bond donors (Lipinski definition) is 2. The second-order valence-corrected chi connectivity index (χ2v) is 12.2. The highest BCUT2D eigenvalue weighted by molar-refractivity contribution is 5.87. The molecule has 3 aromatic carbocycles. The number of para-hydroxylation sites is 1. The van der Waals surface area contributed by atoms with E-state index in [9.17, 15) is 19.8 Å². The molecule has 0 bridgehead atoms. The first kappa shape index (κ1) is 29.1. The average Bonchev–Trinajstić information content (AvgIpc) is 3.68. The second-order valence-electron chi connectivity index (χ2n) is 12.2. The minimum atomic E-state index is -0.936. The van der Waals surface area contributed by atoms with Crippen molar-refractivity contribution >= 4 is 18.0 Å². The monoisotopic (exact) mass is 540 g/mol. The van der Waals surface area contributed by atoms with Crippen LogP contribution in [0.4, 0.5) is 0 Å². The highest BCUT2D eigenvalue weighted by atomic mass is 16.5. The largest absolute Gasteiger partial charge is 0.488 e. The van der Waals surface area contributed by atoms with E-state index < -0.39 is 11.9 Å². The molecule has 4 rings (SSSR count). The average molecular weight is 541 g/mol. The molecule has 1 aliphatic carbocycles. The Bertz CT molecular complexity index is 1330. The number of ether oxygens (including phenoxy) is 1. The van der Waals surface area contributed by atoms with E-state index in [0.29, 0.717) is 6.61 Å². The molecule has 0 heterocycles. The van der Waals surface area contributed by atoms with E-state index in [1.807, 2.05) is 36.4 Å². The van der Waals surface area contributed by atoms with Crippen LogP contribution in [0.5, 0.6) is 5.75 Å². The number of allylic oxidation sites excluding steroid dienone is 1. The predicted octanol–water partition coefficient (Wildman–Crippen LogP) is 8.17. The van der Waals surface area contributed by atoms with E-state index in [-0.39, 0.29) is 28.7 Å². The summed E-state index contributed by atoms with van der Waals surface area (Å²) in [6.07, 6.45) is 8.95. The summed E-state index contributed by atoms with van der Waals surface area (Å²) in [5.74, 6) is -0.672. The van der Waals surface area contributed by atoms with Gasteiger partial charge in [-0.2, -0.15) is 0 Å². The first-order chi connectivity index (χ1) is 19.0. The standard InChI is InChI=1S/C35H40O5/c1-34(2,3)30-16-11-27(12-17-30)24-40-31-7-5-4-6-28(31)13-8-26(18-19-35(20-21-35)23-32(36)37)22-25-9-14-29(15-10-25)33(38)39/h4-17,26H,18-24H2,1-3H3,(H,36,37)(H,38,39)/b13-8+/t26-/m1/s1. The van der Waals surface area contributed by atoms with Crippen LogP contribution in [-0.2, 0) is 23.2 Å². The van der Waals surface area contributed by atoms with Crippen molar-refractivity contribution in [2.75, 3.05) is 0 Å². The number of benzene rings is 3. The maximum atomic E-state index is 11.4. The van der Waals surface area contributed by atoms with Gasteiger partial charge in [0.15, 0.2) is 0 Å². The fourth-order valence-corrected chi connectivity index (χ4v) is 5.11. The highest BCUT2D eigenvalue weighted by Gasteiger charge is 2.43. The highest BCUT2D eigenvalue weighted by Crippen LogP contribution is 2.53. The second kappa shape index (κ2) is 12.5. The summed E-state index contributed by atoms with van der Waals surface area (Å²) in [7, 11) is 0. The van der Waals surface area contributed by atoms with Gasteiger partial charge in [-0.15, -0.1) is 0 Å². The molecule has 1 fully saturated rings. The van der Waals surface area contributed by atoms with E-state index in [4.69, 9.17) is 4.74 Å². The Morgan fingerprint density at radius 3 is 2.17 bits per heavy atom. The Morgan fingerprint density at radius 2 is 1.57 bits per heavy atom. The van der Waals surface area contributed by atoms with Crippen LogP contribution in [0.25, 0.3) is 6.08 Å². The number of hydrogen-bond acceptors (Lipinski definition) is 3. The normalized spacial score (nSPS) is 15.1. The van der Waals surface area contributed by atoms with Crippen LogP contribution in [0.1, 0.15) is 85.5 Å². The molecule has 0 spiro atoms. The Hall–Kier alpha value is -3.86. The molecule has 1 saturated carbocycles. The van der Waals surface area contributed by atoms with Gasteiger partial charge in [-0.25, -0.2) is 4.79 Å². The van der Waals surface area contributed by atoms with Crippen molar-refractivity contribution in [3.05, 3.63) is 107 Å². The quantitative estimate of drug-likeness (QED) is 0.228. The van der Waals surface area contributed by atoms with Gasteiger partial charge >= 0.3 is 11.9 Å². The van der Waals surface area contributed by atoms with Gasteiger partial charge in [0.25, 0.3) is 0 Å². The molecular weight excluding hydrogens is 500 g/mol. The van der Waals surface area contributed by atoms with Crippen molar-refractivity contribution < 1.29 is 24.5 Å². The lowest BCUT2D eigenvalue weighted by atomic mass is 9.87. The number of rotatable bonds is 13. The van der Waals surface area contributed by atoms with Crippen molar-refractivity contribution in [3.63, 3.8) is 0 Å². The lowest BCUT2D eigenvalue weighted by Crippen LogP contribution is -2.11. The van der Waals surface area contributed by atoms with E-state index in [1.54, 1.807) is 12.1 Å². The Kier molecular flexibility index (Phi) is 9.14. The van der Waals surface area contributed by atoms with Gasteiger partial charge < -0.3 is 14.9 Å². The Labute approximate surface area is 237 Å². The third-order valence-corrected chi connectivity index (χ3v) is 7.91. The van der Waals surface area contributed by atoms with Crippen LogP contribution >= 0.6 is 0 Å². The third kappa shape index (κ3) is 8.32. The number of carboxylic acids is 2. The van der Waals surface area contributed by atoms with Gasteiger partial charge in [0.1, 0.15) is 12.4 Å². The molecular formula is C35H40O5. The summed E-state index contributed by atoms with van der Waals surface area (Å²) in [4.78, 5) is 22.6. The van der Waals surface area contributed by atoms with Gasteiger partial charge in [0.2, 0.25) is 0 Å². The molecule has 2 N–H and O–H groups in total. The minimum Gasteiger partial charge on any atom is -0.488 e. The fraction of sp³-hybridized carbons (Fsp3) is 0.371. The molecule has 3 aromatic rings. The fourth-order valence-electron chi connectivity index (χ4n) is 5.11. The first-order valence-electron chi connectivity index (χ1n) is 14.1.